The van der Waals surface area contributed by atoms with Crippen molar-refractivity contribution in [3.8, 4) is 5.75 Å². The van der Waals surface area contributed by atoms with Crippen molar-refractivity contribution in [3.05, 3.63) is 46.2 Å². The van der Waals surface area contributed by atoms with Crippen LogP contribution in [-0.2, 0) is 19.1 Å². The lowest BCUT2D eigenvalue weighted by molar-refractivity contribution is -0.384. The van der Waals surface area contributed by atoms with Gasteiger partial charge in [-0.15, -0.1) is 0 Å². The highest BCUT2D eigenvalue weighted by Crippen LogP contribution is 2.21. The number of benzene rings is 1. The number of carbonyl (C=O) groups excluding carboxylic acids is 2. The molecular weight excluding hydrogens is 318 g/mol. The third-order valence-corrected chi connectivity index (χ3v) is 2.59. The van der Waals surface area contributed by atoms with E-state index in [2.05, 4.69) is 0 Å². The summed E-state index contributed by atoms with van der Waals surface area (Å²) in [4.78, 5) is 33.8. The third-order valence-electron chi connectivity index (χ3n) is 2.59. The van der Waals surface area contributed by atoms with Gasteiger partial charge in [0.2, 0.25) is 5.76 Å². The molecule has 0 aliphatic rings. The van der Waals surface area contributed by atoms with Crippen LogP contribution in [-0.4, -0.2) is 30.1 Å². The first-order chi connectivity index (χ1) is 11.5. The minimum atomic E-state index is -0.850. The molecule has 0 atom stereocenters. The van der Waals surface area contributed by atoms with E-state index in [0.717, 1.165) is 12.1 Å². The Hall–Kier alpha value is -2.90. The van der Waals surface area contributed by atoms with Crippen LogP contribution in [0.15, 0.2) is 36.1 Å². The molecule has 130 valence electrons. The zero-order chi connectivity index (χ0) is 17.9. The maximum Gasteiger partial charge on any atom is 0.374 e. The van der Waals surface area contributed by atoms with Gasteiger partial charge in [-0.1, -0.05) is 19.9 Å². The van der Waals surface area contributed by atoms with E-state index in [1.165, 1.54) is 18.2 Å². The molecule has 24 heavy (non-hydrogen) atoms. The molecule has 1 rings (SSSR count). The smallest absolute Gasteiger partial charge is 0.374 e. The first-order valence-electron chi connectivity index (χ1n) is 7.45. The summed E-state index contributed by atoms with van der Waals surface area (Å²) in [6.45, 7) is 3.99. The summed E-state index contributed by atoms with van der Waals surface area (Å²) in [5.41, 5.74) is -0.206. The molecule has 0 heterocycles. The quantitative estimate of drug-likeness (QED) is 0.224. The van der Waals surface area contributed by atoms with Crippen molar-refractivity contribution >= 4 is 17.6 Å². The predicted molar refractivity (Wildman–Crippen MR) is 84.3 cm³/mol. The van der Waals surface area contributed by atoms with Crippen molar-refractivity contribution < 1.29 is 28.7 Å². The summed E-state index contributed by atoms with van der Waals surface area (Å²) in [5, 5.41) is 10.8. The fraction of sp³-hybridized carbons (Fsp3) is 0.375. The van der Waals surface area contributed by atoms with Gasteiger partial charge in [0, 0.05) is 6.07 Å². The van der Waals surface area contributed by atoms with Crippen LogP contribution < -0.4 is 4.74 Å². The zero-order valence-electron chi connectivity index (χ0n) is 13.5. The lowest BCUT2D eigenvalue weighted by atomic mass is 10.3. The monoisotopic (exact) mass is 337 g/mol. The number of nitro benzene ring substituents is 1. The van der Waals surface area contributed by atoms with Crippen LogP contribution in [0.1, 0.15) is 26.7 Å². The van der Waals surface area contributed by atoms with Gasteiger partial charge in [-0.2, -0.15) is 0 Å². The lowest BCUT2D eigenvalue weighted by Gasteiger charge is -2.09. The number of rotatable bonds is 9. The SMILES string of the molecule is CCCOC(=O)C=C(Oc1cccc([N+](=O)[O-])c1)C(=O)OCCC. The van der Waals surface area contributed by atoms with Crippen LogP contribution in [0.3, 0.4) is 0 Å². The molecule has 0 aliphatic heterocycles. The van der Waals surface area contributed by atoms with Crippen LogP contribution in [0.4, 0.5) is 5.69 Å². The van der Waals surface area contributed by atoms with Crippen molar-refractivity contribution in [3.63, 3.8) is 0 Å². The number of carbonyl (C=O) groups is 2. The first kappa shape index (κ1) is 19.1. The molecule has 0 unspecified atom stereocenters. The van der Waals surface area contributed by atoms with Crippen LogP contribution in [0.5, 0.6) is 5.75 Å². The summed E-state index contributed by atoms with van der Waals surface area (Å²) < 4.78 is 15.1. The molecule has 0 bridgehead atoms. The number of hydrogen-bond donors (Lipinski definition) is 0. The molecule has 1 aromatic rings. The number of hydrogen-bond acceptors (Lipinski definition) is 7. The Kier molecular flexibility index (Phi) is 7.97. The Morgan fingerprint density at radius 2 is 1.83 bits per heavy atom. The maximum atomic E-state index is 12.0. The first-order valence-corrected chi connectivity index (χ1v) is 7.45. The van der Waals surface area contributed by atoms with Crippen LogP contribution >= 0.6 is 0 Å². The van der Waals surface area contributed by atoms with E-state index in [9.17, 15) is 19.7 Å². The molecule has 0 aromatic heterocycles. The molecule has 0 radical (unpaired) electrons. The number of nitro groups is 1. The van der Waals surface area contributed by atoms with Crippen molar-refractivity contribution in [2.45, 2.75) is 26.7 Å². The second kappa shape index (κ2) is 9.98. The summed E-state index contributed by atoms with van der Waals surface area (Å²) in [6.07, 6.45) is 2.09. The number of ether oxygens (including phenoxy) is 3. The molecule has 8 nitrogen and oxygen atoms in total. The average Bonchev–Trinajstić information content (AvgIpc) is 2.57. The zero-order valence-corrected chi connectivity index (χ0v) is 13.5. The molecule has 0 spiro atoms. The van der Waals surface area contributed by atoms with E-state index in [0.29, 0.717) is 12.8 Å². The van der Waals surface area contributed by atoms with Crippen molar-refractivity contribution in [1.29, 1.82) is 0 Å². The molecule has 0 amide bonds. The molecule has 0 saturated carbocycles. The predicted octanol–water partition coefficient (Wildman–Crippen LogP) is 2.76. The molecule has 0 saturated heterocycles. The Balaban J connectivity index is 2.98. The van der Waals surface area contributed by atoms with E-state index in [1.54, 1.807) is 0 Å². The minimum absolute atomic E-state index is 0.0344. The normalized spacial score (nSPS) is 10.8. The van der Waals surface area contributed by atoms with Crippen molar-refractivity contribution in [2.24, 2.45) is 0 Å². The maximum absolute atomic E-state index is 12.0. The highest BCUT2D eigenvalue weighted by atomic mass is 16.6. The fourth-order valence-corrected chi connectivity index (χ4v) is 1.53. The van der Waals surface area contributed by atoms with E-state index >= 15 is 0 Å². The van der Waals surface area contributed by atoms with Gasteiger partial charge in [-0.25, -0.2) is 9.59 Å². The molecular formula is C16H19NO7. The summed E-state index contributed by atoms with van der Waals surface area (Å²) in [5.74, 6) is -1.97. The van der Waals surface area contributed by atoms with E-state index in [4.69, 9.17) is 14.2 Å². The highest BCUT2D eigenvalue weighted by Gasteiger charge is 2.18. The second-order valence-electron chi connectivity index (χ2n) is 4.67. The van der Waals surface area contributed by atoms with E-state index in [-0.39, 0.29) is 24.7 Å². The van der Waals surface area contributed by atoms with Crippen LogP contribution in [0.2, 0.25) is 0 Å². The molecule has 8 heteroatoms. The summed E-state index contributed by atoms with van der Waals surface area (Å²) >= 11 is 0. The Labute approximate surface area is 139 Å². The van der Waals surface area contributed by atoms with Gasteiger partial charge in [-0.05, 0) is 18.9 Å². The van der Waals surface area contributed by atoms with Gasteiger partial charge in [0.1, 0.15) is 5.75 Å². The van der Waals surface area contributed by atoms with Gasteiger partial charge in [0.05, 0.1) is 30.3 Å². The standard InChI is InChI=1S/C16H19NO7/c1-3-8-22-15(18)11-14(16(19)23-9-4-2)24-13-7-5-6-12(10-13)17(20)21/h5-7,10-11H,3-4,8-9H2,1-2H3. The van der Waals surface area contributed by atoms with Crippen molar-refractivity contribution in [1.82, 2.24) is 0 Å². The van der Waals surface area contributed by atoms with Gasteiger partial charge >= 0.3 is 11.9 Å². The number of esters is 2. The van der Waals surface area contributed by atoms with Gasteiger partial charge in [-0.3, -0.25) is 10.1 Å². The van der Waals surface area contributed by atoms with Crippen molar-refractivity contribution in [2.75, 3.05) is 13.2 Å². The summed E-state index contributed by atoms with van der Waals surface area (Å²) in [7, 11) is 0. The van der Waals surface area contributed by atoms with Crippen LogP contribution in [0, 0.1) is 10.1 Å². The van der Waals surface area contributed by atoms with E-state index < -0.39 is 22.6 Å². The van der Waals surface area contributed by atoms with Gasteiger partial charge in [0.25, 0.3) is 5.69 Å². The average molecular weight is 337 g/mol. The van der Waals surface area contributed by atoms with E-state index in [1.807, 2.05) is 13.8 Å². The highest BCUT2D eigenvalue weighted by molar-refractivity contribution is 5.95. The topological polar surface area (TPSA) is 105 Å². The Morgan fingerprint density at radius 3 is 2.46 bits per heavy atom. The fourth-order valence-electron chi connectivity index (χ4n) is 1.53. The largest absolute Gasteiger partial charge is 0.462 e. The molecule has 1 aromatic carbocycles. The molecule has 0 fully saturated rings. The number of nitrogens with zero attached hydrogens (tertiary/aromatic N) is 1. The second-order valence-corrected chi connectivity index (χ2v) is 4.67. The van der Waals surface area contributed by atoms with Gasteiger partial charge < -0.3 is 14.2 Å². The lowest BCUT2D eigenvalue weighted by Crippen LogP contribution is -2.16. The third kappa shape index (κ3) is 6.47. The van der Waals surface area contributed by atoms with Gasteiger partial charge in [0.15, 0.2) is 0 Å². The Bertz CT molecular complexity index is 625. The molecule has 0 N–H and O–H groups in total. The minimum Gasteiger partial charge on any atom is -0.462 e. The Morgan fingerprint density at radius 1 is 1.17 bits per heavy atom. The number of non-ortho nitro benzene ring substituents is 1. The molecule has 0 aliphatic carbocycles. The summed E-state index contributed by atoms with van der Waals surface area (Å²) in [6, 6.07) is 5.24. The van der Waals surface area contributed by atoms with Crippen LogP contribution in [0.25, 0.3) is 0 Å².